The maximum atomic E-state index is 5.51. The monoisotopic (exact) mass is 194 g/mol. The van der Waals surface area contributed by atoms with Crippen LogP contribution in [0, 0.1) is 0 Å². The first-order valence-electron chi connectivity index (χ1n) is 3.97. The summed E-state index contributed by atoms with van der Waals surface area (Å²) in [6.45, 7) is 0.524. The van der Waals surface area contributed by atoms with Crippen LogP contribution in [0.1, 0.15) is 5.56 Å². The Morgan fingerprint density at radius 3 is 3.15 bits per heavy atom. The Hall–Kier alpha value is -1.20. The highest BCUT2D eigenvalue weighted by atomic mass is 32.1. The van der Waals surface area contributed by atoms with E-state index in [4.69, 9.17) is 5.73 Å². The molecule has 5 heteroatoms. The molecule has 2 aromatic heterocycles. The van der Waals surface area contributed by atoms with Gasteiger partial charge in [-0.3, -0.25) is 0 Å². The normalized spacial score (nSPS) is 10.6. The molecule has 0 bridgehead atoms. The highest BCUT2D eigenvalue weighted by Crippen LogP contribution is 2.24. The zero-order chi connectivity index (χ0) is 9.26. The van der Waals surface area contributed by atoms with Crippen LogP contribution in [0.4, 0.5) is 5.13 Å². The lowest BCUT2D eigenvalue weighted by molar-refractivity contribution is 1.06. The zero-order valence-corrected chi connectivity index (χ0v) is 8.06. The third-order valence-corrected chi connectivity index (χ3v) is 2.76. The molecule has 3 N–H and O–H groups in total. The summed E-state index contributed by atoms with van der Waals surface area (Å²) in [6, 6.07) is 2.03. The Bertz CT molecular complexity index is 421. The number of nitrogens with one attached hydrogen (secondary N) is 1. The van der Waals surface area contributed by atoms with Crippen LogP contribution in [0.15, 0.2) is 12.3 Å². The average Bonchev–Trinajstić information content (AvgIpc) is 2.58. The molecule has 0 spiro atoms. The molecule has 13 heavy (non-hydrogen) atoms. The topological polar surface area (TPSA) is 63.8 Å². The van der Waals surface area contributed by atoms with Gasteiger partial charge < -0.3 is 11.1 Å². The maximum absolute atomic E-state index is 5.51. The number of hydrogen-bond donors (Lipinski definition) is 2. The summed E-state index contributed by atoms with van der Waals surface area (Å²) < 4.78 is 1.08. The summed E-state index contributed by atoms with van der Waals surface area (Å²) in [5.41, 5.74) is 7.33. The number of aromatic nitrogens is 2. The van der Waals surface area contributed by atoms with Gasteiger partial charge in [0.1, 0.15) is 0 Å². The number of fused-ring (bicyclic) bond motifs is 1. The van der Waals surface area contributed by atoms with Crippen molar-refractivity contribution >= 4 is 26.8 Å². The minimum absolute atomic E-state index is 0.524. The van der Waals surface area contributed by atoms with E-state index in [1.807, 2.05) is 13.1 Å². The quantitative estimate of drug-likeness (QED) is 0.753. The van der Waals surface area contributed by atoms with Crippen LogP contribution in [0.5, 0.6) is 0 Å². The van der Waals surface area contributed by atoms with Crippen LogP contribution in [0.2, 0.25) is 0 Å². The van der Waals surface area contributed by atoms with Crippen molar-refractivity contribution in [3.8, 4) is 0 Å². The Morgan fingerprint density at radius 1 is 1.62 bits per heavy atom. The van der Waals surface area contributed by atoms with Gasteiger partial charge in [0.2, 0.25) is 0 Å². The largest absolute Gasteiger partial charge is 0.365 e. The average molecular weight is 194 g/mol. The first-order chi connectivity index (χ1) is 6.33. The Labute approximate surface area is 79.8 Å². The zero-order valence-electron chi connectivity index (χ0n) is 7.24. The molecule has 4 nitrogen and oxygen atoms in total. The van der Waals surface area contributed by atoms with Gasteiger partial charge in [-0.1, -0.05) is 11.3 Å². The Kier molecular flexibility index (Phi) is 2.12. The number of pyridine rings is 1. The molecule has 0 radical (unpaired) electrons. The first kappa shape index (κ1) is 8.40. The molecule has 0 fully saturated rings. The molecule has 0 amide bonds. The SMILES string of the molecule is CNc1nc2ncc(CN)cc2s1. The second kappa shape index (κ2) is 3.27. The molecule has 0 atom stereocenters. The van der Waals surface area contributed by atoms with Gasteiger partial charge in [0.05, 0.1) is 4.70 Å². The van der Waals surface area contributed by atoms with Gasteiger partial charge in [-0.15, -0.1) is 0 Å². The molecule has 0 aliphatic rings. The second-order valence-corrected chi connectivity index (χ2v) is 3.67. The number of rotatable bonds is 2. The lowest BCUT2D eigenvalue weighted by atomic mass is 10.3. The molecule has 2 rings (SSSR count). The van der Waals surface area contributed by atoms with E-state index in [0.717, 1.165) is 21.0 Å². The Balaban J connectivity index is 2.57. The van der Waals surface area contributed by atoms with Gasteiger partial charge in [0.15, 0.2) is 10.8 Å². The van der Waals surface area contributed by atoms with Crippen LogP contribution in [-0.4, -0.2) is 17.0 Å². The molecule has 68 valence electrons. The fourth-order valence-corrected chi connectivity index (χ4v) is 1.92. The number of hydrogen-bond acceptors (Lipinski definition) is 5. The van der Waals surface area contributed by atoms with E-state index in [1.54, 1.807) is 17.5 Å². The van der Waals surface area contributed by atoms with Crippen molar-refractivity contribution in [1.29, 1.82) is 0 Å². The predicted octanol–water partition coefficient (Wildman–Crippen LogP) is 1.19. The number of nitrogens with two attached hydrogens (primary N) is 1. The fourth-order valence-electron chi connectivity index (χ4n) is 1.08. The van der Waals surface area contributed by atoms with Crippen molar-refractivity contribution in [2.24, 2.45) is 5.73 Å². The van der Waals surface area contributed by atoms with Crippen molar-refractivity contribution < 1.29 is 0 Å². The second-order valence-electron chi connectivity index (χ2n) is 2.64. The van der Waals surface area contributed by atoms with Crippen LogP contribution < -0.4 is 11.1 Å². The molecule has 2 aromatic rings. The van der Waals surface area contributed by atoms with Gasteiger partial charge in [0.25, 0.3) is 0 Å². The number of nitrogens with zero attached hydrogens (tertiary/aromatic N) is 2. The highest BCUT2D eigenvalue weighted by Gasteiger charge is 2.03. The van der Waals surface area contributed by atoms with Crippen molar-refractivity contribution in [3.05, 3.63) is 17.8 Å². The molecule has 0 saturated heterocycles. The smallest absolute Gasteiger partial charge is 0.185 e. The van der Waals surface area contributed by atoms with Crippen molar-refractivity contribution in [3.63, 3.8) is 0 Å². The van der Waals surface area contributed by atoms with Crippen LogP contribution in [-0.2, 0) is 6.54 Å². The van der Waals surface area contributed by atoms with Crippen LogP contribution in [0.3, 0.4) is 0 Å². The first-order valence-corrected chi connectivity index (χ1v) is 4.78. The third-order valence-electron chi connectivity index (χ3n) is 1.75. The summed E-state index contributed by atoms with van der Waals surface area (Å²) in [6.07, 6.45) is 1.77. The van der Waals surface area contributed by atoms with E-state index in [2.05, 4.69) is 15.3 Å². The third kappa shape index (κ3) is 1.48. The van der Waals surface area contributed by atoms with E-state index >= 15 is 0 Å². The minimum atomic E-state index is 0.524. The number of anilines is 1. The van der Waals surface area contributed by atoms with E-state index in [1.165, 1.54) is 0 Å². The van der Waals surface area contributed by atoms with Gasteiger partial charge in [-0.2, -0.15) is 0 Å². The Morgan fingerprint density at radius 2 is 2.46 bits per heavy atom. The van der Waals surface area contributed by atoms with Gasteiger partial charge in [-0.05, 0) is 11.6 Å². The van der Waals surface area contributed by atoms with Gasteiger partial charge in [0, 0.05) is 19.8 Å². The van der Waals surface area contributed by atoms with Crippen molar-refractivity contribution in [2.45, 2.75) is 6.54 Å². The summed E-state index contributed by atoms with van der Waals surface area (Å²) in [4.78, 5) is 8.46. The van der Waals surface area contributed by atoms with E-state index in [9.17, 15) is 0 Å². The standard InChI is InChI=1S/C8H10N4S/c1-10-8-12-7-6(13-8)2-5(3-9)4-11-7/h2,4H,3,9H2,1H3,(H,10,11,12). The molecule has 0 aliphatic heterocycles. The fraction of sp³-hybridized carbons (Fsp3) is 0.250. The lowest BCUT2D eigenvalue weighted by Gasteiger charge is -1.92. The summed E-state index contributed by atoms with van der Waals surface area (Å²) in [5.74, 6) is 0. The summed E-state index contributed by atoms with van der Waals surface area (Å²) in [7, 11) is 1.85. The maximum Gasteiger partial charge on any atom is 0.185 e. The van der Waals surface area contributed by atoms with Crippen molar-refractivity contribution in [2.75, 3.05) is 12.4 Å². The summed E-state index contributed by atoms with van der Waals surface area (Å²) in [5, 5.41) is 3.88. The molecule has 0 aliphatic carbocycles. The molecule has 2 heterocycles. The highest BCUT2D eigenvalue weighted by molar-refractivity contribution is 7.22. The number of thiazole rings is 1. The van der Waals surface area contributed by atoms with E-state index in [-0.39, 0.29) is 0 Å². The van der Waals surface area contributed by atoms with E-state index < -0.39 is 0 Å². The van der Waals surface area contributed by atoms with Gasteiger partial charge in [-0.25, -0.2) is 9.97 Å². The molecular weight excluding hydrogens is 184 g/mol. The van der Waals surface area contributed by atoms with Gasteiger partial charge >= 0.3 is 0 Å². The molecular formula is C8H10N4S. The lowest BCUT2D eigenvalue weighted by Crippen LogP contribution is -1.96. The molecule has 0 aromatic carbocycles. The predicted molar refractivity (Wildman–Crippen MR) is 54.9 cm³/mol. The minimum Gasteiger partial charge on any atom is -0.365 e. The van der Waals surface area contributed by atoms with Crippen LogP contribution in [0.25, 0.3) is 10.3 Å². The van der Waals surface area contributed by atoms with Crippen molar-refractivity contribution in [1.82, 2.24) is 9.97 Å². The van der Waals surface area contributed by atoms with Crippen LogP contribution >= 0.6 is 11.3 Å². The molecule has 0 saturated carbocycles. The summed E-state index contributed by atoms with van der Waals surface area (Å²) >= 11 is 1.59. The molecule has 0 unspecified atom stereocenters. The van der Waals surface area contributed by atoms with E-state index in [0.29, 0.717) is 6.54 Å².